The minimum Gasteiger partial charge on any atom is -0.508 e. The van der Waals surface area contributed by atoms with Crippen LogP contribution in [0.2, 0.25) is 0 Å². The number of phenols is 1. The summed E-state index contributed by atoms with van der Waals surface area (Å²) in [5, 5.41) is 12.4. The van der Waals surface area contributed by atoms with Gasteiger partial charge in [-0.05, 0) is 79.0 Å². The van der Waals surface area contributed by atoms with Crippen molar-refractivity contribution in [2.24, 2.45) is 17.8 Å². The number of ether oxygens (including phenoxy) is 1. The molecular weight excluding hydrogens is 717 g/mol. The third kappa shape index (κ3) is 6.93. The molecule has 4 atom stereocenters. The van der Waals surface area contributed by atoms with Crippen LogP contribution in [-0.2, 0) is 16.1 Å². The van der Waals surface area contributed by atoms with Crippen LogP contribution in [0.1, 0.15) is 65.1 Å². The zero-order valence-electron chi connectivity index (χ0n) is 31.3. The van der Waals surface area contributed by atoms with Crippen molar-refractivity contribution in [1.29, 1.82) is 0 Å². The summed E-state index contributed by atoms with van der Waals surface area (Å²) in [5.74, 6) is -0.229. The Labute approximate surface area is 325 Å². The number of phenolic OH excluding ortho intramolecular Hbond substituents is 1. The summed E-state index contributed by atoms with van der Waals surface area (Å²) in [4.78, 5) is 45.3. The molecule has 3 aromatic rings. The zero-order chi connectivity index (χ0) is 38.5. The Morgan fingerprint density at radius 3 is 2.38 bits per heavy atom. The number of aromatic hydroxyl groups is 1. The lowest BCUT2D eigenvalue weighted by Gasteiger charge is -2.40. The maximum atomic E-state index is 16.1. The van der Waals surface area contributed by atoms with Gasteiger partial charge < -0.3 is 24.5 Å². The molecule has 1 aliphatic carbocycles. The van der Waals surface area contributed by atoms with Crippen LogP contribution in [0.25, 0.3) is 0 Å². The van der Waals surface area contributed by atoms with Gasteiger partial charge in [0.2, 0.25) is 11.8 Å². The minimum atomic E-state index is -0.734. The Morgan fingerprint density at radius 2 is 1.62 bits per heavy atom. The van der Waals surface area contributed by atoms with Gasteiger partial charge in [0, 0.05) is 87.8 Å². The number of halogens is 2. The predicted octanol–water partition coefficient (Wildman–Crippen LogP) is 5.74. The molecule has 9 rings (SSSR count). The van der Waals surface area contributed by atoms with E-state index in [-0.39, 0.29) is 66.1 Å². The molecule has 3 saturated heterocycles. The number of benzene rings is 3. The fourth-order valence-electron chi connectivity index (χ4n) is 9.82. The summed E-state index contributed by atoms with van der Waals surface area (Å²) < 4.78 is 37.7. The second-order valence-corrected chi connectivity index (χ2v) is 16.2. The molecule has 3 aromatic carbocycles. The van der Waals surface area contributed by atoms with E-state index in [9.17, 15) is 19.5 Å². The highest BCUT2D eigenvalue weighted by Crippen LogP contribution is 2.47. The molecule has 3 amide bonds. The lowest BCUT2D eigenvalue weighted by molar-refractivity contribution is -0.136. The number of nitrogens with zero attached hydrogens (tertiary/aromatic N) is 4. The molecule has 292 valence electrons. The van der Waals surface area contributed by atoms with Crippen molar-refractivity contribution in [3.05, 3.63) is 107 Å². The van der Waals surface area contributed by atoms with E-state index in [1.807, 2.05) is 17.0 Å². The van der Waals surface area contributed by atoms with Gasteiger partial charge in [0.1, 0.15) is 29.2 Å². The fourth-order valence-corrected chi connectivity index (χ4v) is 9.82. The van der Waals surface area contributed by atoms with Gasteiger partial charge in [-0.15, -0.1) is 0 Å². The first-order valence-electron chi connectivity index (χ1n) is 20.0. The maximum absolute atomic E-state index is 16.1. The van der Waals surface area contributed by atoms with Gasteiger partial charge in [0.15, 0.2) is 0 Å². The van der Waals surface area contributed by atoms with Gasteiger partial charge in [-0.3, -0.25) is 24.6 Å². The summed E-state index contributed by atoms with van der Waals surface area (Å²) in [6.45, 7) is 6.09. The predicted molar refractivity (Wildman–Crippen MR) is 208 cm³/mol. The third-order valence-electron chi connectivity index (χ3n) is 12.9. The van der Waals surface area contributed by atoms with Gasteiger partial charge in [0.05, 0.1) is 18.0 Å². The van der Waals surface area contributed by atoms with Crippen LogP contribution in [0, 0.1) is 29.4 Å². The molecule has 5 aliphatic heterocycles. The van der Waals surface area contributed by atoms with Crippen molar-refractivity contribution < 1.29 is 33.0 Å². The number of piperazine rings is 1. The number of carbonyl (C=O) groups is 3. The number of imide groups is 1. The van der Waals surface area contributed by atoms with Crippen molar-refractivity contribution in [1.82, 2.24) is 15.1 Å². The summed E-state index contributed by atoms with van der Waals surface area (Å²) in [5.41, 5.74) is 3.98. The quantitative estimate of drug-likeness (QED) is 0.294. The van der Waals surface area contributed by atoms with Gasteiger partial charge in [-0.25, -0.2) is 8.78 Å². The van der Waals surface area contributed by atoms with Gasteiger partial charge in [-0.1, -0.05) is 36.4 Å². The van der Waals surface area contributed by atoms with E-state index in [4.69, 9.17) is 4.74 Å². The van der Waals surface area contributed by atoms with Crippen LogP contribution in [0.15, 0.2) is 72.8 Å². The van der Waals surface area contributed by atoms with Gasteiger partial charge in [-0.2, -0.15) is 0 Å². The second-order valence-electron chi connectivity index (χ2n) is 16.2. The first kappa shape index (κ1) is 36.4. The second kappa shape index (κ2) is 15.0. The fraction of sp³-hybridized carbons (Fsp3) is 0.432. The van der Waals surface area contributed by atoms with Crippen molar-refractivity contribution in [2.75, 3.05) is 62.2 Å². The minimum absolute atomic E-state index is 0.0611. The van der Waals surface area contributed by atoms with Crippen LogP contribution in [0.3, 0.4) is 0 Å². The number of allylic oxidation sites excluding steroid dienone is 4. The Kier molecular flexibility index (Phi) is 9.77. The molecule has 0 spiro atoms. The molecule has 2 N–H and O–H groups in total. The number of fused-ring (bicyclic) bond motifs is 2. The smallest absolute Gasteiger partial charge is 0.255 e. The van der Waals surface area contributed by atoms with Gasteiger partial charge >= 0.3 is 0 Å². The molecule has 10 nitrogen and oxygen atoms in total. The highest BCUT2D eigenvalue weighted by molar-refractivity contribution is 6.05. The molecular formula is C44H47F2N5O5. The first-order chi connectivity index (χ1) is 27.2. The number of amides is 3. The van der Waals surface area contributed by atoms with Crippen molar-refractivity contribution in [2.45, 2.75) is 50.6 Å². The lowest BCUT2D eigenvalue weighted by atomic mass is 9.71. The first-order valence-corrected chi connectivity index (χ1v) is 20.0. The van der Waals surface area contributed by atoms with E-state index in [0.717, 1.165) is 63.1 Å². The molecule has 0 radical (unpaired) electrons. The highest BCUT2D eigenvalue weighted by Gasteiger charge is 2.41. The highest BCUT2D eigenvalue weighted by atomic mass is 19.1. The Morgan fingerprint density at radius 1 is 0.839 bits per heavy atom. The van der Waals surface area contributed by atoms with Gasteiger partial charge in [0.25, 0.3) is 5.91 Å². The largest absolute Gasteiger partial charge is 0.508 e. The van der Waals surface area contributed by atoms with Crippen molar-refractivity contribution in [3.8, 4) is 11.5 Å². The van der Waals surface area contributed by atoms with Crippen LogP contribution in [-0.4, -0.2) is 91.1 Å². The Bertz CT molecular complexity index is 2110. The molecule has 0 aromatic heterocycles. The number of carbonyl (C=O) groups excluding carboxylic acids is 3. The molecule has 0 saturated carbocycles. The summed E-state index contributed by atoms with van der Waals surface area (Å²) in [7, 11) is 0. The van der Waals surface area contributed by atoms with E-state index in [2.05, 4.69) is 45.5 Å². The number of hydrogen-bond donors (Lipinski definition) is 2. The zero-order valence-corrected chi connectivity index (χ0v) is 31.3. The maximum Gasteiger partial charge on any atom is 0.255 e. The van der Waals surface area contributed by atoms with Crippen LogP contribution < -0.4 is 19.9 Å². The van der Waals surface area contributed by atoms with E-state index < -0.39 is 17.8 Å². The number of hydrogen-bond acceptors (Lipinski definition) is 8. The third-order valence-corrected chi connectivity index (χ3v) is 12.9. The molecule has 5 heterocycles. The topological polar surface area (TPSA) is 106 Å². The summed E-state index contributed by atoms with van der Waals surface area (Å²) >= 11 is 0. The van der Waals surface area contributed by atoms with Crippen LogP contribution in [0.5, 0.6) is 11.5 Å². The van der Waals surface area contributed by atoms with E-state index in [1.54, 1.807) is 24.3 Å². The molecule has 6 aliphatic rings. The summed E-state index contributed by atoms with van der Waals surface area (Å²) in [6, 6.07) is 13.3. The van der Waals surface area contributed by atoms with Crippen molar-refractivity contribution >= 4 is 29.1 Å². The number of piperidine rings is 2. The van der Waals surface area contributed by atoms with Crippen LogP contribution >= 0.6 is 0 Å². The average Bonchev–Trinajstić information content (AvgIpc) is 3.52. The lowest BCUT2D eigenvalue weighted by Crippen LogP contribution is -2.52. The molecule has 3 fully saturated rings. The summed E-state index contributed by atoms with van der Waals surface area (Å²) in [6.07, 6.45) is 11.8. The SMILES string of the molecule is O=C1CCC(N2Cc3cc(N4CCN(CC5CCN(c6ccc([C@@H]7c8ccc(O)cc8OC[C@@H]7C7C=CC=CC7)cc6F)CC5)CC4)c(F)cc3C2=O)C(=O)N1. The molecule has 56 heavy (non-hydrogen) atoms. The van der Waals surface area contributed by atoms with E-state index >= 15 is 8.78 Å². The normalized spacial score (nSPS) is 25.6. The van der Waals surface area contributed by atoms with Crippen molar-refractivity contribution in [3.63, 3.8) is 0 Å². The molecule has 12 heteroatoms. The number of nitrogens with one attached hydrogen (secondary N) is 1. The monoisotopic (exact) mass is 763 g/mol. The van der Waals surface area contributed by atoms with E-state index in [1.165, 1.54) is 11.0 Å². The van der Waals surface area contributed by atoms with E-state index in [0.29, 0.717) is 48.3 Å². The van der Waals surface area contributed by atoms with Crippen LogP contribution in [0.4, 0.5) is 20.2 Å². The molecule has 2 unspecified atom stereocenters. The number of rotatable bonds is 7. The Balaban J connectivity index is 0.799. The standard InChI is InChI=1S/C44H47F2N5O5/c45-35-20-29(42-32-8-7-31(52)22-40(32)56-26-34(42)28-4-2-1-3-5-28)6-9-37(35)49-14-12-27(13-15-49)24-48-16-18-50(19-17-48)39-21-30-25-51(44(55)33(30)23-36(39)46)38-10-11-41(53)47-43(38)54/h1-4,6-9,20-23,27-28,34,38,42,52H,5,10-19,24-26H2,(H,47,53,54)/t28?,34-,38?,42-/m1/s1. The molecule has 0 bridgehead atoms. The Hall–Kier alpha value is -5.23. The average molecular weight is 764 g/mol. The number of anilines is 2.